The van der Waals surface area contributed by atoms with Crippen molar-refractivity contribution in [1.29, 1.82) is 0 Å². The molecule has 21 heteroatoms. The highest BCUT2D eigenvalue weighted by Crippen LogP contribution is 2.30. The van der Waals surface area contributed by atoms with Gasteiger partial charge in [-0.05, 0) is 94.2 Å². The van der Waals surface area contributed by atoms with Crippen molar-refractivity contribution in [3.05, 3.63) is 29.8 Å². The van der Waals surface area contributed by atoms with E-state index in [9.17, 15) is 52.5 Å². The molecule has 6 aliphatic rings. The minimum atomic E-state index is -1.36. The summed E-state index contributed by atoms with van der Waals surface area (Å²) in [5, 5.41) is 21.1. The van der Waals surface area contributed by atoms with Gasteiger partial charge in [0.05, 0.1) is 6.54 Å². The van der Waals surface area contributed by atoms with Crippen LogP contribution in [0.5, 0.6) is 5.75 Å². The molecular formula is C47H67N9O11S. The van der Waals surface area contributed by atoms with Crippen LogP contribution >= 0.6 is 0 Å². The number of fused-ring (bicyclic) bond motifs is 5. The third-order valence-corrected chi connectivity index (χ3v) is 15.5. The number of benzene rings is 1. The second-order valence-electron chi connectivity index (χ2n) is 19.2. The first-order valence-corrected chi connectivity index (χ1v) is 26.1. The maximum absolute atomic E-state index is 14.8. The second-order valence-corrected chi connectivity index (χ2v) is 20.7. The van der Waals surface area contributed by atoms with Crippen molar-refractivity contribution in [2.45, 2.75) is 146 Å². The van der Waals surface area contributed by atoms with Crippen LogP contribution in [-0.4, -0.2) is 187 Å². The number of aromatic hydroxyl groups is 1. The second kappa shape index (κ2) is 22.2. The summed E-state index contributed by atoms with van der Waals surface area (Å²) in [6, 6.07) is -2.03. The lowest BCUT2D eigenvalue weighted by Gasteiger charge is -2.35. The lowest BCUT2D eigenvalue weighted by Crippen LogP contribution is -2.60. The number of carbonyl (C=O) groups is 9. The van der Waals surface area contributed by atoms with Crippen LogP contribution in [0.25, 0.3) is 0 Å². The number of hydrogen-bond donors (Lipinski definition) is 5. The minimum absolute atomic E-state index is 0.00416. The van der Waals surface area contributed by atoms with Crippen molar-refractivity contribution in [2.24, 2.45) is 5.92 Å². The van der Waals surface area contributed by atoms with Gasteiger partial charge in [-0.15, -0.1) is 0 Å². The van der Waals surface area contributed by atoms with Gasteiger partial charge < -0.3 is 50.9 Å². The van der Waals surface area contributed by atoms with Crippen LogP contribution in [0.1, 0.15) is 96.5 Å². The predicted octanol–water partition coefficient (Wildman–Crippen LogP) is -0.711. The van der Waals surface area contributed by atoms with Crippen LogP contribution in [0.4, 0.5) is 0 Å². The quantitative estimate of drug-likeness (QED) is 0.228. The molecule has 0 radical (unpaired) electrons. The molecular weight excluding hydrogens is 899 g/mol. The molecule has 20 nitrogen and oxygen atoms in total. The highest BCUT2D eigenvalue weighted by molar-refractivity contribution is 7.84. The highest BCUT2D eigenvalue weighted by atomic mass is 32.2. The van der Waals surface area contributed by atoms with Crippen LogP contribution in [0.2, 0.25) is 0 Å². The average Bonchev–Trinajstić information content (AvgIpc) is 4.19. The number of carbonyl (C=O) groups excluding carboxylic acids is 9. The van der Waals surface area contributed by atoms with Gasteiger partial charge in [0.2, 0.25) is 53.2 Å². The van der Waals surface area contributed by atoms with E-state index in [1.54, 1.807) is 19.1 Å². The van der Waals surface area contributed by atoms with Crippen molar-refractivity contribution in [3.63, 3.8) is 0 Å². The van der Waals surface area contributed by atoms with Gasteiger partial charge in [-0.3, -0.25) is 47.4 Å². The number of nitrogens with zero attached hydrogens (tertiary/aromatic N) is 5. The number of rotatable bonds is 7. The summed E-state index contributed by atoms with van der Waals surface area (Å²) < 4.78 is 12.3. The molecule has 0 spiro atoms. The van der Waals surface area contributed by atoms with Crippen LogP contribution < -0.4 is 21.3 Å². The summed E-state index contributed by atoms with van der Waals surface area (Å²) >= 11 is 0. The maximum Gasteiger partial charge on any atom is 0.246 e. The predicted molar refractivity (Wildman–Crippen MR) is 247 cm³/mol. The van der Waals surface area contributed by atoms with Gasteiger partial charge in [0.15, 0.2) is 0 Å². The Labute approximate surface area is 399 Å². The van der Waals surface area contributed by atoms with E-state index in [-0.39, 0.29) is 63.5 Å². The van der Waals surface area contributed by atoms with Crippen molar-refractivity contribution >= 4 is 64.0 Å². The molecule has 0 saturated carbocycles. The molecule has 372 valence electrons. The van der Waals surface area contributed by atoms with E-state index in [1.807, 2.05) is 6.92 Å². The van der Waals surface area contributed by atoms with E-state index in [0.717, 1.165) is 0 Å². The first-order valence-electron chi connectivity index (χ1n) is 24.4. The first-order chi connectivity index (χ1) is 32.6. The smallest absolute Gasteiger partial charge is 0.246 e. The summed E-state index contributed by atoms with van der Waals surface area (Å²) in [7, 11) is -1.36. The van der Waals surface area contributed by atoms with E-state index < -0.39 is 125 Å². The Balaban J connectivity index is 1.21. The van der Waals surface area contributed by atoms with Crippen LogP contribution in [0.3, 0.4) is 0 Å². The third-order valence-electron chi connectivity index (χ3n) is 14.7. The Morgan fingerprint density at radius 3 is 1.53 bits per heavy atom. The molecule has 6 fully saturated rings. The third kappa shape index (κ3) is 11.1. The Morgan fingerprint density at radius 2 is 1.03 bits per heavy atom. The molecule has 68 heavy (non-hydrogen) atoms. The Morgan fingerprint density at radius 1 is 0.588 bits per heavy atom. The maximum atomic E-state index is 14.8. The molecule has 6 aliphatic heterocycles. The fourth-order valence-corrected chi connectivity index (χ4v) is 11.3. The van der Waals surface area contributed by atoms with Crippen LogP contribution in [-0.2, 0) is 60.4 Å². The van der Waals surface area contributed by atoms with Crippen molar-refractivity contribution in [1.82, 2.24) is 45.8 Å². The van der Waals surface area contributed by atoms with E-state index >= 15 is 0 Å². The minimum Gasteiger partial charge on any atom is -0.508 e. The largest absolute Gasteiger partial charge is 0.508 e. The van der Waals surface area contributed by atoms with Gasteiger partial charge in [-0.1, -0.05) is 32.4 Å². The summed E-state index contributed by atoms with van der Waals surface area (Å²) in [4.78, 5) is 136. The molecule has 0 aromatic heterocycles. The number of amides is 9. The zero-order valence-corrected chi connectivity index (χ0v) is 40.1. The number of phenols is 1. The molecule has 1 aromatic rings. The monoisotopic (exact) mass is 965 g/mol. The zero-order valence-electron chi connectivity index (χ0n) is 39.3. The molecule has 0 unspecified atom stereocenters. The molecule has 5 N–H and O–H groups in total. The molecule has 6 heterocycles. The molecule has 1 aromatic carbocycles. The Bertz CT molecular complexity index is 2140. The summed E-state index contributed by atoms with van der Waals surface area (Å²) in [6.45, 7) is 4.33. The van der Waals surface area contributed by atoms with Crippen molar-refractivity contribution < 1.29 is 52.5 Å². The highest BCUT2D eigenvalue weighted by Gasteiger charge is 2.48. The number of hydrogen-bond acceptors (Lipinski definition) is 11. The summed E-state index contributed by atoms with van der Waals surface area (Å²) in [6.07, 6.45) is 5.99. The van der Waals surface area contributed by atoms with E-state index in [2.05, 4.69) is 21.3 Å². The standard InChI is InChI=1S/C47H67N9O11S/c1-4-28(2)39-43(62)48-27-38(58)52-20-7-12-35(52)45(64)56-24-9-14-37(56)47(66)54-22-6-11-34(54)42(61)50-32(26-29-15-17-30(57)18-16-29)44(63)55-23-8-13-36(55)46(65)53-21-5-10-33(53)41(60)49-31(40(59)51-39)19-25-68(3)67/h15-18,28,31-37,39,57H,4-14,19-27H2,1-3H3,(H,48,62)(H,49,60)(H,50,61)(H,51,59)/t28-,31-,32-,33-,34-,35-,36-,37-,39-,68-/m0/s1. The lowest BCUT2D eigenvalue weighted by molar-refractivity contribution is -0.151. The molecule has 9 amide bonds. The van der Waals surface area contributed by atoms with Gasteiger partial charge in [0.1, 0.15) is 54.1 Å². The molecule has 10 atom stereocenters. The van der Waals surface area contributed by atoms with Gasteiger partial charge in [0.25, 0.3) is 0 Å². The Hall–Kier alpha value is -5.60. The number of nitrogens with one attached hydrogen (secondary N) is 4. The summed E-state index contributed by atoms with van der Waals surface area (Å²) in [5.74, 6) is -5.19. The number of phenolic OH excluding ortho intramolecular Hbond substituents is 1. The van der Waals surface area contributed by atoms with E-state index in [0.29, 0.717) is 69.8 Å². The van der Waals surface area contributed by atoms with Crippen LogP contribution in [0.15, 0.2) is 24.3 Å². The first kappa shape index (κ1) is 50.3. The van der Waals surface area contributed by atoms with Gasteiger partial charge in [0, 0.05) is 62.0 Å². The Kier molecular flexibility index (Phi) is 16.4. The van der Waals surface area contributed by atoms with Gasteiger partial charge in [-0.25, -0.2) is 0 Å². The fourth-order valence-electron chi connectivity index (χ4n) is 10.8. The summed E-state index contributed by atoms with van der Waals surface area (Å²) in [5.41, 5.74) is 0.621. The lowest BCUT2D eigenvalue weighted by atomic mass is 9.97. The van der Waals surface area contributed by atoms with E-state index in [4.69, 9.17) is 0 Å². The molecule has 7 rings (SSSR count). The van der Waals surface area contributed by atoms with Crippen molar-refractivity contribution in [3.8, 4) is 5.75 Å². The van der Waals surface area contributed by atoms with Crippen LogP contribution in [0, 0.1) is 5.92 Å². The van der Waals surface area contributed by atoms with Gasteiger partial charge >= 0.3 is 0 Å². The normalized spacial score (nSPS) is 30.5. The average molecular weight is 966 g/mol. The fraction of sp³-hybridized carbons (Fsp3) is 0.681. The SMILES string of the molecule is CC[C@H](C)[C@@H]1NC(=O)[C@H](CC[S@](C)=O)NC(=O)[C@@H]2CCCN2C(=O)[C@@H]2CCCN2C(=O)[C@H](Cc2ccc(O)cc2)NC(=O)[C@@H]2CCCN2C(=O)[C@@H]2CCCN2C(=O)[C@@H]2CCCN2C(=O)CNC1=O. The molecule has 0 aliphatic carbocycles. The van der Waals surface area contributed by atoms with Gasteiger partial charge in [-0.2, -0.15) is 0 Å². The molecule has 6 saturated heterocycles. The van der Waals surface area contributed by atoms with Crippen molar-refractivity contribution in [2.75, 3.05) is 51.3 Å². The molecule has 0 bridgehead atoms. The van der Waals surface area contributed by atoms with E-state index in [1.165, 1.54) is 42.9 Å². The zero-order chi connectivity index (χ0) is 48.8. The topological polar surface area (TPSA) is 255 Å².